The third kappa shape index (κ3) is 3.12. The van der Waals surface area contributed by atoms with E-state index < -0.39 is 0 Å². The van der Waals surface area contributed by atoms with E-state index in [1.807, 2.05) is 6.92 Å². The van der Waals surface area contributed by atoms with Gasteiger partial charge < -0.3 is 9.32 Å². The van der Waals surface area contributed by atoms with E-state index in [9.17, 15) is 0 Å². The number of nitrogens with zero attached hydrogens (tertiary/aromatic N) is 4. The molecule has 0 amide bonds. The van der Waals surface area contributed by atoms with Crippen molar-refractivity contribution in [2.75, 3.05) is 0 Å². The first kappa shape index (κ1) is 22.6. The summed E-state index contributed by atoms with van der Waals surface area (Å²) in [6.45, 7) is 11.2. The molecule has 0 spiro atoms. The smallest absolute Gasteiger partial charge is 0.263 e. The van der Waals surface area contributed by atoms with Crippen LogP contribution >= 0.6 is 22.9 Å². The first-order valence-corrected chi connectivity index (χ1v) is 13.0. The van der Waals surface area contributed by atoms with E-state index in [-0.39, 0.29) is 11.7 Å². The van der Waals surface area contributed by atoms with E-state index in [1.54, 1.807) is 0 Å². The van der Waals surface area contributed by atoms with Crippen LogP contribution in [0.2, 0.25) is 0 Å². The molecule has 1 unspecified atom stereocenters. The average Bonchev–Trinajstić information content (AvgIpc) is 3.46. The van der Waals surface area contributed by atoms with E-state index in [2.05, 4.69) is 139 Å². The fourth-order valence-corrected chi connectivity index (χ4v) is 6.86. The molecule has 2 aromatic carbocycles. The number of hydrogen-bond acceptors (Lipinski definition) is 3. The minimum Gasteiger partial charge on any atom is -0.438 e. The molecule has 1 aliphatic rings. The lowest BCUT2D eigenvalue weighted by Gasteiger charge is -2.42. The summed E-state index contributed by atoms with van der Waals surface area (Å²) in [6, 6.07) is 19.4. The maximum absolute atomic E-state index is 6.22. The highest BCUT2D eigenvalue weighted by molar-refractivity contribution is 14.1. The second-order valence-corrected chi connectivity index (χ2v) is 11.8. The fourth-order valence-electron chi connectivity index (χ4n) is 5.99. The molecule has 6 heteroatoms. The number of fused-ring (bicyclic) bond motifs is 4. The zero-order valence-electron chi connectivity index (χ0n) is 21.0. The summed E-state index contributed by atoms with van der Waals surface area (Å²) >= 11 is 2.60. The number of furan rings is 1. The third-order valence-electron chi connectivity index (χ3n) is 7.78. The molecular formula is C29H30IN4O+. The fraction of sp³-hybridized carbons (Fsp3) is 0.276. The molecule has 2 atom stereocenters. The Labute approximate surface area is 219 Å². The molecule has 0 saturated carbocycles. The molecule has 0 N–H and O–H groups in total. The molecule has 5 aromatic rings. The van der Waals surface area contributed by atoms with Crippen LogP contribution in [-0.4, -0.2) is 20.6 Å². The van der Waals surface area contributed by atoms with Crippen molar-refractivity contribution in [2.45, 2.75) is 46.3 Å². The lowest BCUT2D eigenvalue weighted by atomic mass is 9.85. The molecule has 0 saturated heterocycles. The van der Waals surface area contributed by atoms with Crippen molar-refractivity contribution in [1.29, 1.82) is 0 Å². The number of halogens is 1. The molecule has 0 aliphatic carbocycles. The molecule has 3 aromatic heterocycles. The normalized spacial score (nSPS) is 20.7. The zero-order valence-corrected chi connectivity index (χ0v) is 23.2. The predicted octanol–water partition coefficient (Wildman–Crippen LogP) is 7.81. The van der Waals surface area contributed by atoms with Crippen LogP contribution in [0.25, 0.3) is 33.0 Å². The summed E-state index contributed by atoms with van der Waals surface area (Å²) in [5.41, 5.74) is 6.09. The molecule has 0 fully saturated rings. The van der Waals surface area contributed by atoms with Gasteiger partial charge in [-0.3, -0.25) is 4.57 Å². The van der Waals surface area contributed by atoms with E-state index in [0.29, 0.717) is 8.41 Å². The molecular weight excluding hydrogens is 547 g/mol. The average molecular weight is 577 g/mol. The summed E-state index contributed by atoms with van der Waals surface area (Å²) in [6.07, 6.45) is 4.77. The number of aryl methyl sites for hydroxylation is 3. The Balaban J connectivity index is 1.50. The van der Waals surface area contributed by atoms with Gasteiger partial charge in [-0.1, -0.05) is 24.3 Å². The minimum atomic E-state index is -0.281. The third-order valence-corrected chi connectivity index (χ3v) is 9.40. The summed E-state index contributed by atoms with van der Waals surface area (Å²) < 4.78 is 9.21. The van der Waals surface area contributed by atoms with Gasteiger partial charge in [0.25, 0.3) is 22.9 Å². The van der Waals surface area contributed by atoms with Gasteiger partial charge in [0.05, 0.1) is 17.3 Å². The van der Waals surface area contributed by atoms with Crippen LogP contribution in [0.15, 0.2) is 71.4 Å². The van der Waals surface area contributed by atoms with Gasteiger partial charge in [0, 0.05) is 41.9 Å². The SMILES string of the molecule is Cc1ccc2c(n1)oc1ccc(C)c(C(C)(C)N3C=C[N+](I)(c4cc5ccccc5n4C)[C@H]3C)c12. The van der Waals surface area contributed by atoms with Crippen LogP contribution in [0.1, 0.15) is 37.6 Å². The lowest BCUT2D eigenvalue weighted by molar-refractivity contribution is 0.120. The van der Waals surface area contributed by atoms with Gasteiger partial charge in [0.15, 0.2) is 6.17 Å². The standard InChI is InChI=1S/C29H30IN4O/c1-18-11-14-24-26(22-13-12-19(2)31-28(22)35-24)27(18)29(4,5)33-15-16-34(30,20(33)3)25-17-21-9-7-8-10-23(21)32(25)6/h7-17,20H,1-6H3/q+1/t20-,34?/m0/s1. The van der Waals surface area contributed by atoms with Crippen molar-refractivity contribution in [2.24, 2.45) is 7.05 Å². The highest BCUT2D eigenvalue weighted by Crippen LogP contribution is 2.47. The molecule has 4 heterocycles. The Morgan fingerprint density at radius 2 is 1.83 bits per heavy atom. The summed E-state index contributed by atoms with van der Waals surface area (Å²) in [7, 11) is 2.17. The highest BCUT2D eigenvalue weighted by atomic mass is 127. The number of pyridine rings is 1. The van der Waals surface area contributed by atoms with Crippen molar-refractivity contribution in [3.8, 4) is 0 Å². The monoisotopic (exact) mass is 577 g/mol. The van der Waals surface area contributed by atoms with E-state index >= 15 is 0 Å². The molecule has 1 aliphatic heterocycles. The Morgan fingerprint density at radius 1 is 1.06 bits per heavy atom. The topological polar surface area (TPSA) is 34.2 Å². The van der Waals surface area contributed by atoms with E-state index in [0.717, 1.165) is 16.7 Å². The van der Waals surface area contributed by atoms with Crippen LogP contribution in [0.5, 0.6) is 0 Å². The van der Waals surface area contributed by atoms with Gasteiger partial charge in [0.1, 0.15) is 11.8 Å². The van der Waals surface area contributed by atoms with Crippen molar-refractivity contribution < 1.29 is 4.42 Å². The first-order valence-electron chi connectivity index (χ1n) is 12.0. The Bertz CT molecular complexity index is 1660. The summed E-state index contributed by atoms with van der Waals surface area (Å²) in [5.74, 6) is 1.26. The largest absolute Gasteiger partial charge is 0.438 e. The Morgan fingerprint density at radius 3 is 2.60 bits per heavy atom. The zero-order chi connectivity index (χ0) is 24.7. The lowest BCUT2D eigenvalue weighted by Crippen LogP contribution is -2.52. The molecule has 5 nitrogen and oxygen atoms in total. The van der Waals surface area contributed by atoms with Gasteiger partial charge >= 0.3 is 0 Å². The maximum atomic E-state index is 6.22. The Hall–Kier alpha value is -2.84. The molecule has 0 bridgehead atoms. The second kappa shape index (κ2) is 7.58. The number of para-hydroxylation sites is 1. The summed E-state index contributed by atoms with van der Waals surface area (Å²) in [4.78, 5) is 7.17. The van der Waals surface area contributed by atoms with Gasteiger partial charge in [0.2, 0.25) is 11.5 Å². The first-order chi connectivity index (χ1) is 16.6. The number of quaternary nitrogens is 1. The summed E-state index contributed by atoms with van der Waals surface area (Å²) in [5, 5.41) is 3.52. The van der Waals surface area contributed by atoms with Gasteiger partial charge in [-0.2, -0.15) is 2.70 Å². The molecule has 35 heavy (non-hydrogen) atoms. The Kier molecular flexibility index (Phi) is 4.90. The number of benzene rings is 2. The van der Waals surface area contributed by atoms with Gasteiger partial charge in [-0.15, -0.1) is 0 Å². The van der Waals surface area contributed by atoms with Crippen LogP contribution in [0.4, 0.5) is 5.82 Å². The van der Waals surface area contributed by atoms with Crippen molar-refractivity contribution in [3.05, 3.63) is 83.8 Å². The number of aromatic nitrogens is 2. The molecule has 0 radical (unpaired) electrons. The van der Waals surface area contributed by atoms with Gasteiger partial charge in [-0.05, 0) is 63.1 Å². The maximum Gasteiger partial charge on any atom is 0.263 e. The number of rotatable bonds is 3. The van der Waals surface area contributed by atoms with Crippen LogP contribution in [-0.2, 0) is 12.6 Å². The van der Waals surface area contributed by atoms with E-state index in [1.165, 1.54) is 33.2 Å². The van der Waals surface area contributed by atoms with Crippen LogP contribution < -0.4 is 2.70 Å². The second-order valence-electron chi connectivity index (χ2n) is 10.2. The van der Waals surface area contributed by atoms with Crippen molar-refractivity contribution in [1.82, 2.24) is 17.1 Å². The van der Waals surface area contributed by atoms with Crippen molar-refractivity contribution in [3.63, 3.8) is 0 Å². The molecule has 6 rings (SSSR count). The number of hydrogen-bond donors (Lipinski definition) is 0. The van der Waals surface area contributed by atoms with Crippen molar-refractivity contribution >= 4 is 61.7 Å². The molecule has 178 valence electrons. The van der Waals surface area contributed by atoms with Crippen LogP contribution in [0, 0.1) is 13.8 Å². The highest BCUT2D eigenvalue weighted by Gasteiger charge is 2.49. The van der Waals surface area contributed by atoms with E-state index in [4.69, 9.17) is 4.42 Å². The predicted molar refractivity (Wildman–Crippen MR) is 153 cm³/mol. The van der Waals surface area contributed by atoms with Gasteiger partial charge in [-0.25, -0.2) is 4.98 Å². The van der Waals surface area contributed by atoms with Crippen LogP contribution in [0.3, 0.4) is 0 Å². The minimum absolute atomic E-state index is 0.182. The quantitative estimate of drug-likeness (QED) is 0.162.